The molecule has 1 aliphatic rings. The first-order valence-electron chi connectivity index (χ1n) is 10.4. The second-order valence-electron chi connectivity index (χ2n) is 7.53. The van der Waals surface area contributed by atoms with Crippen molar-refractivity contribution >= 4 is 5.91 Å². The van der Waals surface area contributed by atoms with Crippen LogP contribution in [-0.4, -0.2) is 34.9 Å². The maximum atomic E-state index is 13.5. The second-order valence-corrected chi connectivity index (χ2v) is 7.53. The van der Waals surface area contributed by atoms with E-state index in [1.54, 1.807) is 6.20 Å². The third-order valence-electron chi connectivity index (χ3n) is 5.54. The van der Waals surface area contributed by atoms with E-state index >= 15 is 0 Å². The first-order valence-corrected chi connectivity index (χ1v) is 10.4. The highest BCUT2D eigenvalue weighted by atomic mass is 16.2. The fourth-order valence-electron chi connectivity index (χ4n) is 3.95. The van der Waals surface area contributed by atoms with Crippen LogP contribution in [0, 0.1) is 0 Å². The predicted octanol–water partition coefficient (Wildman–Crippen LogP) is 4.53. The van der Waals surface area contributed by atoms with Crippen molar-refractivity contribution in [2.75, 3.05) is 13.1 Å². The van der Waals surface area contributed by atoms with Gasteiger partial charge in [0.05, 0.1) is 12.2 Å². The van der Waals surface area contributed by atoms with Crippen molar-refractivity contribution in [2.45, 2.75) is 31.8 Å². The van der Waals surface area contributed by atoms with Crippen LogP contribution in [-0.2, 0) is 6.54 Å². The third-order valence-corrected chi connectivity index (χ3v) is 5.54. The normalized spacial score (nSPS) is 16.8. The first-order chi connectivity index (χ1) is 14.3. The molecule has 1 aromatic heterocycles. The summed E-state index contributed by atoms with van der Waals surface area (Å²) in [6.45, 7) is 2.52. The summed E-state index contributed by atoms with van der Waals surface area (Å²) < 4.78 is 0. The minimum Gasteiger partial charge on any atom is -0.330 e. The van der Waals surface area contributed by atoms with E-state index in [0.29, 0.717) is 6.54 Å². The zero-order valence-corrected chi connectivity index (χ0v) is 16.6. The van der Waals surface area contributed by atoms with Crippen molar-refractivity contribution < 1.29 is 4.79 Å². The molecule has 0 saturated carbocycles. The van der Waals surface area contributed by atoms with E-state index in [9.17, 15) is 4.79 Å². The van der Waals surface area contributed by atoms with Crippen molar-refractivity contribution in [2.24, 2.45) is 0 Å². The number of hydrogen-bond donors (Lipinski definition) is 1. The number of nitrogens with zero attached hydrogens (tertiary/aromatic N) is 2. The fraction of sp³-hybridized carbons (Fsp3) is 0.280. The van der Waals surface area contributed by atoms with E-state index in [4.69, 9.17) is 0 Å². The summed E-state index contributed by atoms with van der Waals surface area (Å²) in [7, 11) is 0. The van der Waals surface area contributed by atoms with Gasteiger partial charge in [0.25, 0.3) is 5.91 Å². The lowest BCUT2D eigenvalue weighted by Gasteiger charge is -2.31. The Morgan fingerprint density at radius 3 is 2.41 bits per heavy atom. The molecule has 2 heterocycles. The predicted molar refractivity (Wildman–Crippen MR) is 116 cm³/mol. The Bertz CT molecular complexity index is 902. The van der Waals surface area contributed by atoms with E-state index in [1.165, 1.54) is 0 Å². The number of carbonyl (C=O) groups is 1. The molecule has 0 spiro atoms. The molecule has 1 fully saturated rings. The number of carbonyl (C=O) groups excluding carboxylic acids is 1. The highest BCUT2D eigenvalue weighted by Gasteiger charge is 2.26. The Hall–Kier alpha value is -2.98. The molecule has 148 valence electrons. The molecule has 4 rings (SSSR count). The van der Waals surface area contributed by atoms with Gasteiger partial charge in [0.2, 0.25) is 0 Å². The average Bonchev–Trinajstić information content (AvgIpc) is 3.08. The van der Waals surface area contributed by atoms with E-state index in [2.05, 4.69) is 22.4 Å². The van der Waals surface area contributed by atoms with Crippen molar-refractivity contribution in [1.82, 2.24) is 15.2 Å². The maximum Gasteiger partial charge on any atom is 0.254 e. The summed E-state index contributed by atoms with van der Waals surface area (Å²) in [5, 5.41) is 3.45. The van der Waals surface area contributed by atoms with Crippen LogP contribution in [0.1, 0.15) is 35.3 Å². The van der Waals surface area contributed by atoms with Crippen LogP contribution in [0.5, 0.6) is 0 Å². The molecule has 29 heavy (non-hydrogen) atoms. The Labute approximate surface area is 172 Å². The van der Waals surface area contributed by atoms with Crippen LogP contribution in [0.15, 0.2) is 79.0 Å². The van der Waals surface area contributed by atoms with Gasteiger partial charge >= 0.3 is 0 Å². The van der Waals surface area contributed by atoms with E-state index in [0.717, 1.165) is 54.7 Å². The fourth-order valence-corrected chi connectivity index (χ4v) is 3.95. The summed E-state index contributed by atoms with van der Waals surface area (Å²) in [5.41, 5.74) is 3.94. The lowest BCUT2D eigenvalue weighted by Crippen LogP contribution is -2.40. The summed E-state index contributed by atoms with van der Waals surface area (Å²) in [6, 6.07) is 24.3. The van der Waals surface area contributed by atoms with E-state index in [-0.39, 0.29) is 11.9 Å². The molecule has 1 aliphatic heterocycles. The third kappa shape index (κ3) is 4.90. The Kier molecular flexibility index (Phi) is 6.32. The zero-order valence-electron chi connectivity index (χ0n) is 16.6. The quantitative estimate of drug-likeness (QED) is 0.702. The molecule has 1 saturated heterocycles. The molecule has 0 aliphatic carbocycles. The smallest absolute Gasteiger partial charge is 0.254 e. The summed E-state index contributed by atoms with van der Waals surface area (Å²) in [6.07, 6.45) is 4.87. The van der Waals surface area contributed by atoms with Crippen LogP contribution >= 0.6 is 0 Å². The SMILES string of the molecule is O=C(c1ccc(-c2ccccc2)cc1)N(Cc1ccccn1)C1CCCNCC1. The number of pyridine rings is 1. The topological polar surface area (TPSA) is 45.2 Å². The number of amides is 1. The molecule has 1 atom stereocenters. The van der Waals surface area contributed by atoms with Crippen molar-refractivity contribution in [3.05, 3.63) is 90.3 Å². The van der Waals surface area contributed by atoms with Crippen LogP contribution in [0.2, 0.25) is 0 Å². The highest BCUT2D eigenvalue weighted by Crippen LogP contribution is 2.23. The van der Waals surface area contributed by atoms with Crippen LogP contribution < -0.4 is 5.32 Å². The molecule has 1 unspecified atom stereocenters. The second kappa shape index (κ2) is 9.48. The molecular formula is C25H27N3O. The van der Waals surface area contributed by atoms with Crippen molar-refractivity contribution in [1.29, 1.82) is 0 Å². The summed E-state index contributed by atoms with van der Waals surface area (Å²) in [4.78, 5) is 20.0. The van der Waals surface area contributed by atoms with Gasteiger partial charge in [-0.2, -0.15) is 0 Å². The minimum absolute atomic E-state index is 0.0853. The number of nitrogens with one attached hydrogen (secondary N) is 1. The Morgan fingerprint density at radius 2 is 1.66 bits per heavy atom. The summed E-state index contributed by atoms with van der Waals surface area (Å²) in [5.74, 6) is 0.0853. The van der Waals surface area contributed by atoms with Crippen molar-refractivity contribution in [3.8, 4) is 11.1 Å². The lowest BCUT2D eigenvalue weighted by atomic mass is 10.0. The number of aromatic nitrogens is 1. The largest absolute Gasteiger partial charge is 0.330 e. The molecule has 4 heteroatoms. The highest BCUT2D eigenvalue weighted by molar-refractivity contribution is 5.95. The van der Waals surface area contributed by atoms with Gasteiger partial charge in [-0.15, -0.1) is 0 Å². The molecule has 0 radical (unpaired) electrons. The van der Waals surface area contributed by atoms with Crippen LogP contribution in [0.4, 0.5) is 0 Å². The monoisotopic (exact) mass is 385 g/mol. The zero-order chi connectivity index (χ0) is 19.9. The summed E-state index contributed by atoms with van der Waals surface area (Å²) >= 11 is 0. The van der Waals surface area contributed by atoms with Gasteiger partial charge in [0.15, 0.2) is 0 Å². The van der Waals surface area contributed by atoms with Gasteiger partial charge in [-0.25, -0.2) is 0 Å². The first kappa shape index (κ1) is 19.3. The maximum absolute atomic E-state index is 13.5. The van der Waals surface area contributed by atoms with E-state index in [1.807, 2.05) is 65.6 Å². The number of benzene rings is 2. The molecule has 4 nitrogen and oxygen atoms in total. The molecular weight excluding hydrogens is 358 g/mol. The average molecular weight is 386 g/mol. The van der Waals surface area contributed by atoms with Gasteiger partial charge in [-0.1, -0.05) is 48.5 Å². The number of rotatable bonds is 5. The lowest BCUT2D eigenvalue weighted by molar-refractivity contribution is 0.0642. The molecule has 1 amide bonds. The van der Waals surface area contributed by atoms with Gasteiger partial charge in [-0.05, 0) is 67.7 Å². The number of hydrogen-bond acceptors (Lipinski definition) is 3. The van der Waals surface area contributed by atoms with Gasteiger partial charge < -0.3 is 10.2 Å². The standard InChI is InChI=1S/C25H27N3O/c29-25(22-13-11-21(12-14-22)20-7-2-1-3-8-20)28(19-23-9-4-5-17-27-23)24-10-6-16-26-18-15-24/h1-5,7-9,11-14,17,24,26H,6,10,15-16,18-19H2. The van der Waals surface area contributed by atoms with Crippen molar-refractivity contribution in [3.63, 3.8) is 0 Å². The molecule has 1 N–H and O–H groups in total. The van der Waals surface area contributed by atoms with E-state index < -0.39 is 0 Å². The van der Waals surface area contributed by atoms with Gasteiger partial charge in [-0.3, -0.25) is 9.78 Å². The van der Waals surface area contributed by atoms with Crippen LogP contribution in [0.3, 0.4) is 0 Å². The molecule has 2 aromatic carbocycles. The Morgan fingerprint density at radius 1 is 0.897 bits per heavy atom. The molecule has 3 aromatic rings. The van der Waals surface area contributed by atoms with Gasteiger partial charge in [0, 0.05) is 17.8 Å². The molecule has 0 bridgehead atoms. The minimum atomic E-state index is 0.0853. The van der Waals surface area contributed by atoms with Crippen LogP contribution in [0.25, 0.3) is 11.1 Å². The van der Waals surface area contributed by atoms with Gasteiger partial charge in [0.1, 0.15) is 0 Å². The Balaban J connectivity index is 1.58.